The Kier molecular flexibility index (Phi) is 6.06. The van der Waals surface area contributed by atoms with Gasteiger partial charge in [-0.2, -0.15) is 4.72 Å². The van der Waals surface area contributed by atoms with Gasteiger partial charge in [-0.1, -0.05) is 5.16 Å². The van der Waals surface area contributed by atoms with Crippen molar-refractivity contribution >= 4 is 22.0 Å². The zero-order valence-corrected chi connectivity index (χ0v) is 13.3. The van der Waals surface area contributed by atoms with Crippen LogP contribution in [-0.2, 0) is 24.3 Å². The molecule has 10 heteroatoms. The van der Waals surface area contributed by atoms with Gasteiger partial charge in [0.1, 0.15) is 16.6 Å². The molecule has 0 saturated heterocycles. The summed E-state index contributed by atoms with van der Waals surface area (Å²) in [4.78, 5) is 22.3. The van der Waals surface area contributed by atoms with Crippen LogP contribution in [0, 0.1) is 13.8 Å². The number of sulfonamides is 1. The van der Waals surface area contributed by atoms with E-state index in [1.54, 1.807) is 6.92 Å². The van der Waals surface area contributed by atoms with Crippen molar-refractivity contribution in [3.8, 4) is 0 Å². The third kappa shape index (κ3) is 4.53. The lowest BCUT2D eigenvalue weighted by molar-refractivity contribution is -0.145. The molecule has 0 aliphatic carbocycles. The number of nitrogens with one attached hydrogen (secondary N) is 1. The lowest BCUT2D eigenvalue weighted by atomic mass is 10.2. The third-order valence-corrected chi connectivity index (χ3v) is 4.47. The van der Waals surface area contributed by atoms with E-state index in [0.29, 0.717) is 0 Å². The first kappa shape index (κ1) is 18.1. The van der Waals surface area contributed by atoms with Crippen LogP contribution in [0.5, 0.6) is 0 Å². The molecular weight excluding hydrogens is 316 g/mol. The fourth-order valence-corrected chi connectivity index (χ4v) is 3.39. The fraction of sp³-hybridized carbons (Fsp3) is 0.583. The maximum atomic E-state index is 12.3. The van der Waals surface area contributed by atoms with Gasteiger partial charge in [-0.15, -0.1) is 0 Å². The Morgan fingerprint density at radius 1 is 1.41 bits per heavy atom. The van der Waals surface area contributed by atoms with Crippen LogP contribution >= 0.6 is 0 Å². The van der Waals surface area contributed by atoms with E-state index in [9.17, 15) is 18.0 Å². The number of hydrogen-bond acceptors (Lipinski definition) is 7. The zero-order chi connectivity index (χ0) is 16.9. The zero-order valence-electron chi connectivity index (χ0n) is 12.5. The number of aryl methyl sites for hydroxylation is 2. The van der Waals surface area contributed by atoms with Gasteiger partial charge in [0.05, 0.1) is 6.61 Å². The average Bonchev–Trinajstić information content (AvgIpc) is 2.74. The predicted octanol–water partition coefficient (Wildman–Crippen LogP) is 0.366. The Bertz CT molecular complexity index is 631. The molecule has 0 aromatic carbocycles. The minimum atomic E-state index is -4.09. The molecule has 0 amide bonds. The Balaban J connectivity index is 3.01. The number of hydrogen-bond donors (Lipinski definition) is 2. The number of ether oxygens (including phenoxy) is 1. The topological polar surface area (TPSA) is 136 Å². The van der Waals surface area contributed by atoms with E-state index in [2.05, 4.69) is 9.88 Å². The predicted molar refractivity (Wildman–Crippen MR) is 73.6 cm³/mol. The molecule has 1 atom stereocenters. The number of esters is 1. The summed E-state index contributed by atoms with van der Waals surface area (Å²) in [7, 11) is -4.09. The van der Waals surface area contributed by atoms with Gasteiger partial charge in [0.2, 0.25) is 10.0 Å². The highest BCUT2D eigenvalue weighted by Gasteiger charge is 2.31. The summed E-state index contributed by atoms with van der Waals surface area (Å²) in [6.07, 6.45) is -0.607. The standard InChI is InChI=1S/C12H18N2O7S/c1-4-20-12(17)9(5-6-10(15)16)14-22(18,19)11-7(2)13-21-8(11)3/h9,14H,4-6H2,1-3H3,(H,15,16)/t9-/m0/s1. The molecule has 1 heterocycles. The Morgan fingerprint density at radius 3 is 2.50 bits per heavy atom. The lowest BCUT2D eigenvalue weighted by Crippen LogP contribution is -2.42. The molecule has 9 nitrogen and oxygen atoms in total. The van der Waals surface area contributed by atoms with Crippen molar-refractivity contribution in [3.05, 3.63) is 11.5 Å². The number of carboxylic acid groups (broad SMARTS) is 1. The second kappa shape index (κ2) is 7.36. The molecule has 0 unspecified atom stereocenters. The minimum Gasteiger partial charge on any atom is -0.481 e. The van der Waals surface area contributed by atoms with Gasteiger partial charge in [-0.25, -0.2) is 8.42 Å². The summed E-state index contributed by atoms with van der Waals surface area (Å²) in [6, 6.07) is -1.30. The first-order valence-corrected chi connectivity index (χ1v) is 8.01. The molecule has 1 aromatic heterocycles. The van der Waals surface area contributed by atoms with Crippen LogP contribution < -0.4 is 4.72 Å². The summed E-state index contributed by atoms with van der Waals surface area (Å²) in [5.74, 6) is -1.91. The molecule has 0 bridgehead atoms. The Morgan fingerprint density at radius 2 is 2.05 bits per heavy atom. The molecule has 0 aliphatic heterocycles. The molecule has 1 rings (SSSR count). The van der Waals surface area contributed by atoms with Gasteiger partial charge in [0.25, 0.3) is 0 Å². The van der Waals surface area contributed by atoms with Crippen LogP contribution in [0.4, 0.5) is 0 Å². The van der Waals surface area contributed by atoms with E-state index in [-0.39, 0.29) is 35.8 Å². The normalized spacial score (nSPS) is 12.9. The van der Waals surface area contributed by atoms with Gasteiger partial charge in [-0.3, -0.25) is 9.59 Å². The van der Waals surface area contributed by atoms with Crippen LogP contribution in [0.3, 0.4) is 0 Å². The molecule has 0 aliphatic rings. The van der Waals surface area contributed by atoms with Crippen LogP contribution in [-0.4, -0.2) is 43.3 Å². The van der Waals surface area contributed by atoms with Gasteiger partial charge in [0.15, 0.2) is 5.76 Å². The van der Waals surface area contributed by atoms with Crippen LogP contribution in [0.25, 0.3) is 0 Å². The van der Waals surface area contributed by atoms with Crippen molar-refractivity contribution in [2.24, 2.45) is 0 Å². The summed E-state index contributed by atoms with van der Waals surface area (Å²) in [5.41, 5.74) is 0.144. The van der Waals surface area contributed by atoms with Gasteiger partial charge in [0, 0.05) is 6.42 Å². The van der Waals surface area contributed by atoms with Crippen molar-refractivity contribution in [1.29, 1.82) is 0 Å². The molecule has 124 valence electrons. The van der Waals surface area contributed by atoms with Crippen LogP contribution in [0.1, 0.15) is 31.2 Å². The molecule has 0 radical (unpaired) electrons. The molecule has 22 heavy (non-hydrogen) atoms. The number of carbonyl (C=O) groups excluding carboxylic acids is 1. The Labute approximate surface area is 127 Å². The number of nitrogens with zero attached hydrogens (tertiary/aromatic N) is 1. The Hall–Kier alpha value is -1.94. The SMILES string of the molecule is CCOC(=O)[C@H](CCC(=O)O)NS(=O)(=O)c1c(C)noc1C. The van der Waals surface area contributed by atoms with E-state index in [1.165, 1.54) is 13.8 Å². The van der Waals surface area contributed by atoms with E-state index in [0.717, 1.165) is 0 Å². The summed E-state index contributed by atoms with van der Waals surface area (Å²) in [6.45, 7) is 4.48. The first-order chi connectivity index (χ1) is 10.2. The van der Waals surface area contributed by atoms with Gasteiger partial charge in [-0.05, 0) is 27.2 Å². The second-order valence-electron chi connectivity index (χ2n) is 4.51. The van der Waals surface area contributed by atoms with Crippen LogP contribution in [0.15, 0.2) is 9.42 Å². The maximum absolute atomic E-state index is 12.3. The minimum absolute atomic E-state index is 0.0510. The number of aliphatic carboxylic acids is 1. The fourth-order valence-electron chi connectivity index (χ4n) is 1.84. The number of carbonyl (C=O) groups is 2. The van der Waals surface area contributed by atoms with E-state index in [4.69, 9.17) is 14.4 Å². The molecule has 2 N–H and O–H groups in total. The number of carboxylic acids is 1. The highest BCUT2D eigenvalue weighted by atomic mass is 32.2. The molecular formula is C12H18N2O7S. The highest BCUT2D eigenvalue weighted by Crippen LogP contribution is 2.19. The smallest absolute Gasteiger partial charge is 0.324 e. The van der Waals surface area contributed by atoms with Crippen molar-refractivity contribution < 1.29 is 32.4 Å². The maximum Gasteiger partial charge on any atom is 0.324 e. The number of aromatic nitrogens is 1. The molecule has 0 fully saturated rings. The quantitative estimate of drug-likeness (QED) is 0.651. The number of rotatable bonds is 8. The molecule has 0 spiro atoms. The summed E-state index contributed by atoms with van der Waals surface area (Å²) >= 11 is 0. The summed E-state index contributed by atoms with van der Waals surface area (Å²) in [5, 5.41) is 12.2. The third-order valence-electron chi connectivity index (χ3n) is 2.75. The van der Waals surface area contributed by atoms with Gasteiger partial charge < -0.3 is 14.4 Å². The van der Waals surface area contributed by atoms with Crippen molar-refractivity contribution in [3.63, 3.8) is 0 Å². The largest absolute Gasteiger partial charge is 0.481 e. The summed E-state index contributed by atoms with van der Waals surface area (Å²) < 4.78 is 36.4. The first-order valence-electron chi connectivity index (χ1n) is 6.52. The van der Waals surface area contributed by atoms with Crippen LogP contribution in [0.2, 0.25) is 0 Å². The van der Waals surface area contributed by atoms with Crippen molar-refractivity contribution in [2.75, 3.05) is 6.61 Å². The monoisotopic (exact) mass is 334 g/mol. The highest BCUT2D eigenvalue weighted by molar-refractivity contribution is 7.89. The van der Waals surface area contributed by atoms with E-state index in [1.807, 2.05) is 0 Å². The van der Waals surface area contributed by atoms with Crippen molar-refractivity contribution in [2.45, 2.75) is 44.6 Å². The van der Waals surface area contributed by atoms with E-state index < -0.39 is 28.0 Å². The van der Waals surface area contributed by atoms with Gasteiger partial charge >= 0.3 is 11.9 Å². The average molecular weight is 334 g/mol. The molecule has 0 saturated carbocycles. The second-order valence-corrected chi connectivity index (χ2v) is 6.16. The lowest BCUT2D eigenvalue weighted by Gasteiger charge is -2.16. The molecule has 1 aromatic rings. The van der Waals surface area contributed by atoms with Crippen molar-refractivity contribution in [1.82, 2.24) is 9.88 Å². The van der Waals surface area contributed by atoms with E-state index >= 15 is 0 Å².